The summed E-state index contributed by atoms with van der Waals surface area (Å²) in [6.07, 6.45) is 0. The molecule has 0 aliphatic heterocycles. The van der Waals surface area contributed by atoms with Crippen LogP contribution < -0.4 is 0 Å². The first-order chi connectivity index (χ1) is 8.40. The van der Waals surface area contributed by atoms with Crippen LogP contribution in [0, 0.1) is 32.4 Å². The lowest BCUT2D eigenvalue weighted by Gasteiger charge is -2.12. The molecule has 0 fully saturated rings. The number of hydrogen-bond acceptors (Lipinski definition) is 1. The van der Waals surface area contributed by atoms with E-state index in [1.807, 2.05) is 19.9 Å². The Morgan fingerprint density at radius 1 is 1.00 bits per heavy atom. The predicted molar refractivity (Wildman–Crippen MR) is 70.0 cm³/mol. The van der Waals surface area contributed by atoms with Gasteiger partial charge in [0.25, 0.3) is 0 Å². The van der Waals surface area contributed by atoms with Gasteiger partial charge in [-0.3, -0.25) is 0 Å². The third-order valence-electron chi connectivity index (χ3n) is 2.90. The molecule has 0 amide bonds. The molecule has 1 atom stereocenters. The van der Waals surface area contributed by atoms with E-state index in [1.165, 1.54) is 6.07 Å². The Balaban J connectivity index is 2.49. The van der Waals surface area contributed by atoms with Crippen molar-refractivity contribution >= 4 is 15.9 Å². The summed E-state index contributed by atoms with van der Waals surface area (Å²) in [5, 5.41) is 0. The summed E-state index contributed by atoms with van der Waals surface area (Å²) in [5.41, 5.74) is 1.70. The first kappa shape index (κ1) is 13.3. The molecule has 0 aliphatic rings. The minimum Gasteiger partial charge on any atom is -0.466 e. The molecule has 4 heteroatoms. The summed E-state index contributed by atoms with van der Waals surface area (Å²) in [5.74, 6) is 0.413. The Hall–Kier alpha value is -1.16. The summed E-state index contributed by atoms with van der Waals surface area (Å²) in [4.78, 5) is -0.339. The number of hydrogen-bond donors (Lipinski definition) is 0. The minimum absolute atomic E-state index is 0.339. The smallest absolute Gasteiger partial charge is 0.130 e. The van der Waals surface area contributed by atoms with E-state index in [2.05, 4.69) is 15.9 Å². The first-order valence-corrected chi connectivity index (χ1v) is 6.48. The van der Waals surface area contributed by atoms with Gasteiger partial charge in [0.05, 0.1) is 4.83 Å². The van der Waals surface area contributed by atoms with Crippen molar-refractivity contribution in [3.05, 3.63) is 58.0 Å². The fraction of sp³-hybridized carbons (Fsp3) is 0.286. The summed E-state index contributed by atoms with van der Waals surface area (Å²) in [6, 6.07) is 4.29. The van der Waals surface area contributed by atoms with Gasteiger partial charge >= 0.3 is 0 Å². The highest BCUT2D eigenvalue weighted by atomic mass is 79.9. The topological polar surface area (TPSA) is 13.1 Å². The number of furan rings is 1. The largest absolute Gasteiger partial charge is 0.466 e. The van der Waals surface area contributed by atoms with Crippen LogP contribution in [0.25, 0.3) is 0 Å². The van der Waals surface area contributed by atoms with Crippen molar-refractivity contribution in [3.8, 4) is 0 Å². The zero-order valence-corrected chi connectivity index (χ0v) is 11.9. The van der Waals surface area contributed by atoms with E-state index in [9.17, 15) is 8.78 Å². The van der Waals surface area contributed by atoms with Crippen molar-refractivity contribution in [2.45, 2.75) is 25.6 Å². The van der Waals surface area contributed by atoms with Gasteiger partial charge in [0.2, 0.25) is 0 Å². The Kier molecular flexibility index (Phi) is 3.57. The SMILES string of the molecule is Cc1cc(C(Br)c2cc(C)c(F)cc2F)c(C)o1. The zero-order chi connectivity index (χ0) is 13.4. The lowest BCUT2D eigenvalue weighted by Crippen LogP contribution is -1.99. The van der Waals surface area contributed by atoms with Crippen LogP contribution in [-0.4, -0.2) is 0 Å². The molecule has 1 unspecified atom stereocenters. The van der Waals surface area contributed by atoms with Crippen molar-refractivity contribution in [1.29, 1.82) is 0 Å². The molecule has 0 radical (unpaired) electrons. The lowest BCUT2D eigenvalue weighted by atomic mass is 10.0. The maximum Gasteiger partial charge on any atom is 0.130 e. The summed E-state index contributed by atoms with van der Waals surface area (Å²) < 4.78 is 32.5. The van der Waals surface area contributed by atoms with Crippen molar-refractivity contribution < 1.29 is 13.2 Å². The number of benzene rings is 1. The lowest BCUT2D eigenvalue weighted by molar-refractivity contribution is 0.501. The molecule has 1 aromatic heterocycles. The van der Waals surface area contributed by atoms with Crippen LogP contribution in [0.15, 0.2) is 22.6 Å². The third-order valence-corrected chi connectivity index (χ3v) is 3.89. The quantitative estimate of drug-likeness (QED) is 0.713. The molecule has 0 saturated heterocycles. The van der Waals surface area contributed by atoms with Crippen LogP contribution >= 0.6 is 15.9 Å². The van der Waals surface area contributed by atoms with Crippen LogP contribution in [0.4, 0.5) is 8.78 Å². The fourth-order valence-electron chi connectivity index (χ4n) is 1.94. The number of aryl methyl sites for hydroxylation is 3. The number of alkyl halides is 1. The van der Waals surface area contributed by atoms with Gasteiger partial charge < -0.3 is 4.42 Å². The zero-order valence-electron chi connectivity index (χ0n) is 10.4. The van der Waals surface area contributed by atoms with Gasteiger partial charge in [0, 0.05) is 17.2 Å². The molecule has 0 saturated carbocycles. The predicted octanol–water partition coefficient (Wildman–Crippen LogP) is 4.97. The highest BCUT2D eigenvalue weighted by molar-refractivity contribution is 9.09. The normalized spacial score (nSPS) is 12.8. The molecular weight excluding hydrogens is 302 g/mol. The second-order valence-electron chi connectivity index (χ2n) is 4.35. The molecule has 0 N–H and O–H groups in total. The third kappa shape index (κ3) is 2.34. The van der Waals surface area contributed by atoms with Gasteiger partial charge in [-0.1, -0.05) is 15.9 Å². The van der Waals surface area contributed by atoms with Gasteiger partial charge in [0.15, 0.2) is 0 Å². The highest BCUT2D eigenvalue weighted by Crippen LogP contribution is 2.36. The van der Waals surface area contributed by atoms with Crippen molar-refractivity contribution in [1.82, 2.24) is 0 Å². The van der Waals surface area contributed by atoms with E-state index in [0.29, 0.717) is 11.1 Å². The monoisotopic (exact) mass is 314 g/mol. The standard InChI is InChI=1S/C14H13BrF2O/c1-7-4-11(13(17)6-12(7)16)14(15)10-5-8(2)18-9(10)3/h4-6,14H,1-3H3. The van der Waals surface area contributed by atoms with E-state index < -0.39 is 11.6 Å². The number of rotatable bonds is 2. The second kappa shape index (κ2) is 4.84. The van der Waals surface area contributed by atoms with Gasteiger partial charge in [0.1, 0.15) is 23.2 Å². The van der Waals surface area contributed by atoms with Crippen LogP contribution in [0.5, 0.6) is 0 Å². The van der Waals surface area contributed by atoms with Crippen molar-refractivity contribution in [2.75, 3.05) is 0 Å². The van der Waals surface area contributed by atoms with Gasteiger partial charge in [-0.2, -0.15) is 0 Å². The fourth-order valence-corrected chi connectivity index (χ4v) is 2.75. The summed E-state index contributed by atoms with van der Waals surface area (Å²) >= 11 is 3.45. The summed E-state index contributed by atoms with van der Waals surface area (Å²) in [7, 11) is 0. The van der Waals surface area contributed by atoms with Gasteiger partial charge in [-0.15, -0.1) is 0 Å². The van der Waals surface area contributed by atoms with Gasteiger partial charge in [-0.05, 0) is 38.5 Å². The highest BCUT2D eigenvalue weighted by Gasteiger charge is 2.20. The van der Waals surface area contributed by atoms with E-state index >= 15 is 0 Å². The molecule has 1 nitrogen and oxygen atoms in total. The van der Waals surface area contributed by atoms with E-state index in [1.54, 1.807) is 6.92 Å². The Labute approximate surface area is 113 Å². The maximum atomic E-state index is 13.8. The maximum absolute atomic E-state index is 13.8. The number of halogens is 3. The Bertz CT molecular complexity index is 590. The van der Waals surface area contributed by atoms with E-state index in [0.717, 1.165) is 23.2 Å². The average Bonchev–Trinajstić information content (AvgIpc) is 2.62. The van der Waals surface area contributed by atoms with E-state index in [4.69, 9.17) is 4.42 Å². The molecule has 0 bridgehead atoms. The molecule has 1 aromatic carbocycles. The molecule has 0 aliphatic carbocycles. The van der Waals surface area contributed by atoms with Crippen molar-refractivity contribution in [3.63, 3.8) is 0 Å². The Morgan fingerprint density at radius 2 is 1.67 bits per heavy atom. The average molecular weight is 315 g/mol. The Morgan fingerprint density at radius 3 is 2.22 bits per heavy atom. The molecule has 0 spiro atoms. The second-order valence-corrected chi connectivity index (χ2v) is 5.27. The van der Waals surface area contributed by atoms with Crippen LogP contribution in [0.2, 0.25) is 0 Å². The van der Waals surface area contributed by atoms with Gasteiger partial charge in [-0.25, -0.2) is 8.78 Å². The van der Waals surface area contributed by atoms with E-state index in [-0.39, 0.29) is 4.83 Å². The molecule has 2 rings (SSSR count). The van der Waals surface area contributed by atoms with Crippen LogP contribution in [-0.2, 0) is 0 Å². The molecule has 1 heterocycles. The van der Waals surface area contributed by atoms with Crippen LogP contribution in [0.3, 0.4) is 0 Å². The molecule has 2 aromatic rings. The molecular formula is C14H13BrF2O. The first-order valence-electron chi connectivity index (χ1n) is 5.56. The molecule has 18 heavy (non-hydrogen) atoms. The molecule has 96 valence electrons. The van der Waals surface area contributed by atoms with Crippen molar-refractivity contribution in [2.24, 2.45) is 0 Å². The summed E-state index contributed by atoms with van der Waals surface area (Å²) in [6.45, 7) is 5.28. The van der Waals surface area contributed by atoms with Crippen LogP contribution in [0.1, 0.15) is 33.0 Å². The minimum atomic E-state index is -0.557.